The summed E-state index contributed by atoms with van der Waals surface area (Å²) in [5, 5.41) is 19.6. The van der Waals surface area contributed by atoms with E-state index >= 15 is 0 Å². The number of carboxylic acid groups (broad SMARTS) is 1. The summed E-state index contributed by atoms with van der Waals surface area (Å²) in [7, 11) is 1.41. The zero-order valence-corrected chi connectivity index (χ0v) is 11.8. The van der Waals surface area contributed by atoms with E-state index in [1.807, 2.05) is 0 Å². The number of hydrogen-bond acceptors (Lipinski definition) is 5. The van der Waals surface area contributed by atoms with Gasteiger partial charge in [-0.25, -0.2) is 0 Å². The second kappa shape index (κ2) is 6.43. The molecule has 114 valence electrons. The van der Waals surface area contributed by atoms with E-state index in [1.165, 1.54) is 13.2 Å². The normalized spacial score (nSPS) is 17.8. The number of ether oxygens (including phenoxy) is 1. The molecule has 1 N–H and O–H groups in total. The Morgan fingerprint density at radius 1 is 1.57 bits per heavy atom. The minimum absolute atomic E-state index is 0.0529. The molecule has 1 heterocycles. The van der Waals surface area contributed by atoms with Crippen molar-refractivity contribution in [1.29, 1.82) is 0 Å². The van der Waals surface area contributed by atoms with Gasteiger partial charge in [0.25, 0.3) is 0 Å². The van der Waals surface area contributed by atoms with Crippen molar-refractivity contribution in [2.45, 2.75) is 19.3 Å². The molecule has 0 aromatic heterocycles. The number of nitro groups is 1. The number of hydrogen-bond donors (Lipinski definition) is 1. The Balaban J connectivity index is 2.06. The molecular weight excluding hydrogens is 276 g/mol. The van der Waals surface area contributed by atoms with Gasteiger partial charge >= 0.3 is 11.7 Å². The van der Waals surface area contributed by atoms with Crippen LogP contribution in [0, 0.1) is 16.0 Å². The largest absolute Gasteiger partial charge is 0.490 e. The summed E-state index contributed by atoms with van der Waals surface area (Å²) in [5.74, 6) is -0.181. The Kier molecular flexibility index (Phi) is 4.62. The minimum atomic E-state index is -0.773. The van der Waals surface area contributed by atoms with Gasteiger partial charge in [-0.05, 0) is 24.8 Å². The van der Waals surface area contributed by atoms with E-state index < -0.39 is 10.9 Å². The molecule has 1 saturated heterocycles. The number of nitro benzene ring substituents is 1. The predicted octanol–water partition coefficient (Wildman–Crippen LogP) is 2.29. The molecule has 0 amide bonds. The van der Waals surface area contributed by atoms with E-state index in [9.17, 15) is 14.9 Å². The summed E-state index contributed by atoms with van der Waals surface area (Å²) < 4.78 is 5.07. The zero-order chi connectivity index (χ0) is 15.4. The van der Waals surface area contributed by atoms with Crippen molar-refractivity contribution in [3.8, 4) is 5.75 Å². The smallest absolute Gasteiger partial charge is 0.311 e. The second-order valence-electron chi connectivity index (χ2n) is 5.15. The number of benzene rings is 1. The molecular formula is C14H18N2O5. The van der Waals surface area contributed by atoms with E-state index in [2.05, 4.69) is 4.90 Å². The first-order valence-electron chi connectivity index (χ1n) is 6.80. The fraction of sp³-hybridized carbons (Fsp3) is 0.500. The topological polar surface area (TPSA) is 92.9 Å². The maximum Gasteiger partial charge on any atom is 0.311 e. The van der Waals surface area contributed by atoms with Crippen molar-refractivity contribution >= 4 is 17.3 Å². The molecule has 0 saturated carbocycles. The summed E-state index contributed by atoms with van der Waals surface area (Å²) >= 11 is 0. The van der Waals surface area contributed by atoms with Crippen molar-refractivity contribution in [2.24, 2.45) is 5.92 Å². The molecule has 0 radical (unpaired) electrons. The standard InChI is InChI=1S/C14H18N2O5/c1-21-13-8-11(3-4-12(13)16(19)20)15-7-6-10(9-15)2-5-14(17)18/h3-4,8,10H,2,5-7,9H2,1H3,(H,17,18). The molecule has 1 fully saturated rings. The van der Waals surface area contributed by atoms with Crippen LogP contribution in [0.25, 0.3) is 0 Å². The lowest BCUT2D eigenvalue weighted by molar-refractivity contribution is -0.385. The molecule has 2 rings (SSSR count). The maximum absolute atomic E-state index is 10.9. The number of methoxy groups -OCH3 is 1. The first-order chi connectivity index (χ1) is 10.0. The molecule has 0 aliphatic carbocycles. The Morgan fingerprint density at radius 3 is 2.95 bits per heavy atom. The fourth-order valence-electron chi connectivity index (χ4n) is 2.64. The Labute approximate surface area is 122 Å². The molecule has 1 aliphatic rings. The van der Waals surface area contributed by atoms with Gasteiger partial charge in [0.15, 0.2) is 5.75 Å². The third-order valence-electron chi connectivity index (χ3n) is 3.78. The Morgan fingerprint density at radius 2 is 2.33 bits per heavy atom. The van der Waals surface area contributed by atoms with E-state index in [0.717, 1.165) is 25.2 Å². The molecule has 7 nitrogen and oxygen atoms in total. The predicted molar refractivity (Wildman–Crippen MR) is 76.8 cm³/mol. The maximum atomic E-state index is 10.9. The molecule has 1 aromatic carbocycles. The van der Waals surface area contributed by atoms with Crippen molar-refractivity contribution in [1.82, 2.24) is 0 Å². The molecule has 1 aliphatic heterocycles. The minimum Gasteiger partial charge on any atom is -0.490 e. The SMILES string of the molecule is COc1cc(N2CCC(CCC(=O)O)C2)ccc1[N+](=O)[O-]. The highest BCUT2D eigenvalue weighted by Crippen LogP contribution is 2.34. The summed E-state index contributed by atoms with van der Waals surface area (Å²) in [5.41, 5.74) is 0.818. The van der Waals surface area contributed by atoms with Gasteiger partial charge in [0.1, 0.15) is 0 Å². The summed E-state index contributed by atoms with van der Waals surface area (Å²) in [6.07, 6.45) is 1.78. The molecule has 21 heavy (non-hydrogen) atoms. The van der Waals surface area contributed by atoms with Crippen molar-refractivity contribution in [2.75, 3.05) is 25.1 Å². The number of rotatable bonds is 6. The van der Waals surface area contributed by atoms with Crippen LogP contribution < -0.4 is 9.64 Å². The highest BCUT2D eigenvalue weighted by Gasteiger charge is 2.25. The first-order valence-corrected chi connectivity index (χ1v) is 6.80. The van der Waals surface area contributed by atoms with E-state index in [-0.39, 0.29) is 17.9 Å². The summed E-state index contributed by atoms with van der Waals surface area (Å²) in [6, 6.07) is 4.82. The zero-order valence-electron chi connectivity index (χ0n) is 11.8. The number of carbonyl (C=O) groups is 1. The van der Waals surface area contributed by atoms with Crippen LogP contribution in [-0.4, -0.2) is 36.2 Å². The van der Waals surface area contributed by atoms with Gasteiger partial charge in [-0.3, -0.25) is 14.9 Å². The van der Waals surface area contributed by atoms with E-state index in [4.69, 9.17) is 9.84 Å². The molecule has 7 heteroatoms. The van der Waals surface area contributed by atoms with Crippen LogP contribution in [0.15, 0.2) is 18.2 Å². The molecule has 1 aromatic rings. The van der Waals surface area contributed by atoms with Crippen LogP contribution in [0.2, 0.25) is 0 Å². The van der Waals surface area contributed by atoms with Gasteiger partial charge in [0.05, 0.1) is 12.0 Å². The molecule has 0 spiro atoms. The van der Waals surface area contributed by atoms with Gasteiger partial charge < -0.3 is 14.7 Å². The monoisotopic (exact) mass is 294 g/mol. The fourth-order valence-corrected chi connectivity index (χ4v) is 2.64. The highest BCUT2D eigenvalue weighted by molar-refractivity contribution is 5.66. The van der Waals surface area contributed by atoms with Gasteiger partial charge in [-0.2, -0.15) is 0 Å². The number of carboxylic acids is 1. The average molecular weight is 294 g/mol. The van der Waals surface area contributed by atoms with Gasteiger partial charge in [0, 0.05) is 37.3 Å². The quantitative estimate of drug-likeness (QED) is 0.639. The lowest BCUT2D eigenvalue weighted by atomic mass is 10.0. The van der Waals surface area contributed by atoms with Gasteiger partial charge in [-0.1, -0.05) is 0 Å². The molecule has 1 atom stereocenters. The Bertz CT molecular complexity index is 546. The van der Waals surface area contributed by atoms with Crippen LogP contribution in [0.1, 0.15) is 19.3 Å². The van der Waals surface area contributed by atoms with Crippen LogP contribution in [0.3, 0.4) is 0 Å². The lowest BCUT2D eigenvalue weighted by Crippen LogP contribution is -2.19. The van der Waals surface area contributed by atoms with Crippen LogP contribution >= 0.6 is 0 Å². The number of anilines is 1. The average Bonchev–Trinajstić information content (AvgIpc) is 2.93. The summed E-state index contributed by atoms with van der Waals surface area (Å²) in [6.45, 7) is 1.60. The summed E-state index contributed by atoms with van der Waals surface area (Å²) in [4.78, 5) is 23.1. The lowest BCUT2D eigenvalue weighted by Gasteiger charge is -2.19. The molecule has 1 unspecified atom stereocenters. The third-order valence-corrected chi connectivity index (χ3v) is 3.78. The van der Waals surface area contributed by atoms with Crippen LogP contribution in [0.4, 0.5) is 11.4 Å². The van der Waals surface area contributed by atoms with Crippen LogP contribution in [-0.2, 0) is 4.79 Å². The Hall–Kier alpha value is -2.31. The van der Waals surface area contributed by atoms with E-state index in [1.54, 1.807) is 12.1 Å². The van der Waals surface area contributed by atoms with Gasteiger partial charge in [-0.15, -0.1) is 0 Å². The van der Waals surface area contributed by atoms with Crippen molar-refractivity contribution < 1.29 is 19.6 Å². The highest BCUT2D eigenvalue weighted by atomic mass is 16.6. The molecule has 0 bridgehead atoms. The van der Waals surface area contributed by atoms with Crippen molar-refractivity contribution in [3.05, 3.63) is 28.3 Å². The van der Waals surface area contributed by atoms with Crippen molar-refractivity contribution in [3.63, 3.8) is 0 Å². The van der Waals surface area contributed by atoms with Gasteiger partial charge in [0.2, 0.25) is 0 Å². The van der Waals surface area contributed by atoms with E-state index in [0.29, 0.717) is 12.3 Å². The van der Waals surface area contributed by atoms with Crippen LogP contribution in [0.5, 0.6) is 5.75 Å². The first kappa shape index (κ1) is 15.1. The second-order valence-corrected chi connectivity index (χ2v) is 5.15. The number of nitrogens with zero attached hydrogens (tertiary/aromatic N) is 2. The third kappa shape index (κ3) is 3.62. The number of aliphatic carboxylic acids is 1.